The molecule has 1 fully saturated rings. The van der Waals surface area contributed by atoms with Crippen LogP contribution in [-0.4, -0.2) is 31.1 Å². The molecule has 2 nitrogen and oxygen atoms in total. The molecule has 0 saturated carbocycles. The van der Waals surface area contributed by atoms with Crippen molar-refractivity contribution < 1.29 is 0 Å². The summed E-state index contributed by atoms with van der Waals surface area (Å²) in [5.74, 6) is 0.842. The van der Waals surface area contributed by atoms with Gasteiger partial charge >= 0.3 is 0 Å². The smallest absolute Gasteiger partial charge is 0.0237 e. The highest BCUT2D eigenvalue weighted by Crippen LogP contribution is 2.33. The summed E-state index contributed by atoms with van der Waals surface area (Å²) in [6.07, 6.45) is 2.74. The van der Waals surface area contributed by atoms with Gasteiger partial charge < -0.3 is 5.32 Å². The molecular formula is C17H26N2. The van der Waals surface area contributed by atoms with E-state index in [1.165, 1.54) is 44.6 Å². The van der Waals surface area contributed by atoms with Gasteiger partial charge in [0.2, 0.25) is 0 Å². The van der Waals surface area contributed by atoms with Crippen LogP contribution in [0.5, 0.6) is 0 Å². The lowest BCUT2D eigenvalue weighted by Crippen LogP contribution is -2.46. The molecule has 1 N–H and O–H groups in total. The molecule has 0 aliphatic carbocycles. The van der Waals surface area contributed by atoms with Crippen LogP contribution in [0, 0.1) is 5.92 Å². The third-order valence-corrected chi connectivity index (χ3v) is 4.67. The molecule has 0 aromatic heterocycles. The van der Waals surface area contributed by atoms with Gasteiger partial charge in [0.1, 0.15) is 0 Å². The number of rotatable bonds is 2. The van der Waals surface area contributed by atoms with E-state index in [4.69, 9.17) is 0 Å². The van der Waals surface area contributed by atoms with Crippen LogP contribution in [0.1, 0.15) is 37.8 Å². The van der Waals surface area contributed by atoms with Crippen molar-refractivity contribution in [3.63, 3.8) is 0 Å². The normalized spacial score (nSPS) is 26.9. The van der Waals surface area contributed by atoms with E-state index in [0.29, 0.717) is 0 Å². The number of piperidine rings is 1. The van der Waals surface area contributed by atoms with Crippen LogP contribution in [0.2, 0.25) is 0 Å². The number of benzene rings is 1. The van der Waals surface area contributed by atoms with Gasteiger partial charge in [0.25, 0.3) is 0 Å². The van der Waals surface area contributed by atoms with Crippen molar-refractivity contribution in [3.8, 4) is 0 Å². The summed E-state index contributed by atoms with van der Waals surface area (Å²) >= 11 is 0. The second-order valence-electron chi connectivity index (χ2n) is 6.92. The number of nitrogens with zero attached hydrogens (tertiary/aromatic N) is 1. The summed E-state index contributed by atoms with van der Waals surface area (Å²) in [6.45, 7) is 10.8. The second kappa shape index (κ2) is 5.26. The fraction of sp³-hybridized carbons (Fsp3) is 0.647. The van der Waals surface area contributed by atoms with Gasteiger partial charge in [-0.15, -0.1) is 0 Å². The largest absolute Gasteiger partial charge is 0.316 e. The van der Waals surface area contributed by atoms with Gasteiger partial charge in [-0.2, -0.15) is 0 Å². The van der Waals surface area contributed by atoms with Gasteiger partial charge in [-0.25, -0.2) is 0 Å². The van der Waals surface area contributed by atoms with Crippen molar-refractivity contribution >= 4 is 0 Å². The van der Waals surface area contributed by atoms with E-state index in [1.807, 2.05) is 0 Å². The average molecular weight is 258 g/mol. The molecule has 0 spiro atoms. The molecule has 2 aliphatic heterocycles. The fourth-order valence-electron chi connectivity index (χ4n) is 3.83. The lowest BCUT2D eigenvalue weighted by molar-refractivity contribution is 0.154. The zero-order chi connectivity index (χ0) is 13.3. The summed E-state index contributed by atoms with van der Waals surface area (Å²) in [6, 6.07) is 8.99. The zero-order valence-corrected chi connectivity index (χ0v) is 12.3. The molecule has 1 saturated heterocycles. The average Bonchev–Trinajstić information content (AvgIpc) is 2.39. The molecule has 104 valence electrons. The minimum Gasteiger partial charge on any atom is -0.316 e. The van der Waals surface area contributed by atoms with E-state index in [2.05, 4.69) is 48.3 Å². The summed E-state index contributed by atoms with van der Waals surface area (Å²) in [5.41, 5.74) is 3.37. The molecule has 1 aromatic rings. The molecule has 1 unspecified atom stereocenters. The Balaban J connectivity index is 1.72. The van der Waals surface area contributed by atoms with E-state index >= 15 is 0 Å². The first-order valence-electron chi connectivity index (χ1n) is 7.66. The van der Waals surface area contributed by atoms with Crippen molar-refractivity contribution in [2.75, 3.05) is 26.2 Å². The van der Waals surface area contributed by atoms with Crippen molar-refractivity contribution in [1.82, 2.24) is 10.2 Å². The molecule has 2 heterocycles. The predicted molar refractivity (Wildman–Crippen MR) is 80.3 cm³/mol. The zero-order valence-electron chi connectivity index (χ0n) is 12.3. The fourth-order valence-corrected chi connectivity index (χ4v) is 3.83. The van der Waals surface area contributed by atoms with Crippen LogP contribution < -0.4 is 5.32 Å². The first-order valence-corrected chi connectivity index (χ1v) is 7.66. The third-order valence-electron chi connectivity index (χ3n) is 4.67. The monoisotopic (exact) mass is 258 g/mol. The van der Waals surface area contributed by atoms with Gasteiger partial charge in [-0.3, -0.25) is 4.90 Å². The van der Waals surface area contributed by atoms with Gasteiger partial charge in [-0.1, -0.05) is 38.1 Å². The Labute approximate surface area is 117 Å². The van der Waals surface area contributed by atoms with Crippen molar-refractivity contribution in [2.45, 2.75) is 38.6 Å². The van der Waals surface area contributed by atoms with Gasteiger partial charge in [0.15, 0.2) is 0 Å². The molecule has 1 aromatic carbocycles. The van der Waals surface area contributed by atoms with Crippen LogP contribution in [0.4, 0.5) is 0 Å². The van der Waals surface area contributed by atoms with E-state index in [0.717, 1.165) is 12.5 Å². The molecular weight excluding hydrogens is 232 g/mol. The van der Waals surface area contributed by atoms with Crippen molar-refractivity contribution in [2.24, 2.45) is 5.92 Å². The number of hydrogen-bond donors (Lipinski definition) is 1. The number of fused-ring (bicyclic) bond motifs is 1. The van der Waals surface area contributed by atoms with Gasteiger partial charge in [-0.05, 0) is 43.0 Å². The van der Waals surface area contributed by atoms with Crippen LogP contribution in [0.15, 0.2) is 24.3 Å². The standard InChI is InChI=1S/C17H26N2/c1-17(2)13-19(11-14-6-5-9-18-10-14)12-15-7-3-4-8-16(15)17/h3-4,7-8,14,18H,5-6,9-13H2,1-2H3. The predicted octanol–water partition coefficient (Wildman–Crippen LogP) is 2.78. The summed E-state index contributed by atoms with van der Waals surface area (Å²) in [4.78, 5) is 2.67. The van der Waals surface area contributed by atoms with Crippen molar-refractivity contribution in [3.05, 3.63) is 35.4 Å². The van der Waals surface area contributed by atoms with Crippen LogP contribution in [-0.2, 0) is 12.0 Å². The molecule has 2 aliphatic rings. The topological polar surface area (TPSA) is 15.3 Å². The highest BCUT2D eigenvalue weighted by molar-refractivity contribution is 5.35. The highest BCUT2D eigenvalue weighted by atomic mass is 15.1. The molecule has 19 heavy (non-hydrogen) atoms. The summed E-state index contributed by atoms with van der Waals surface area (Å²) < 4.78 is 0. The molecule has 0 bridgehead atoms. The quantitative estimate of drug-likeness (QED) is 0.877. The Kier molecular flexibility index (Phi) is 3.64. The molecule has 0 radical (unpaired) electrons. The Hall–Kier alpha value is -0.860. The molecule has 1 atom stereocenters. The Morgan fingerprint density at radius 1 is 1.32 bits per heavy atom. The van der Waals surface area contributed by atoms with Gasteiger partial charge in [0.05, 0.1) is 0 Å². The maximum atomic E-state index is 3.54. The minimum absolute atomic E-state index is 0.289. The second-order valence-corrected chi connectivity index (χ2v) is 6.92. The lowest BCUT2D eigenvalue weighted by atomic mass is 9.78. The Bertz CT molecular complexity index is 433. The highest BCUT2D eigenvalue weighted by Gasteiger charge is 2.32. The van der Waals surface area contributed by atoms with E-state index in [9.17, 15) is 0 Å². The lowest BCUT2D eigenvalue weighted by Gasteiger charge is -2.41. The minimum atomic E-state index is 0.289. The van der Waals surface area contributed by atoms with Gasteiger partial charge in [0, 0.05) is 25.0 Å². The Morgan fingerprint density at radius 3 is 2.95 bits per heavy atom. The summed E-state index contributed by atoms with van der Waals surface area (Å²) in [5, 5.41) is 3.54. The first kappa shape index (κ1) is 13.1. The first-order chi connectivity index (χ1) is 9.15. The number of hydrogen-bond acceptors (Lipinski definition) is 2. The van der Waals surface area contributed by atoms with E-state index < -0.39 is 0 Å². The van der Waals surface area contributed by atoms with E-state index in [1.54, 1.807) is 5.56 Å². The maximum absolute atomic E-state index is 3.54. The maximum Gasteiger partial charge on any atom is 0.0237 e. The molecule has 3 rings (SSSR count). The van der Waals surface area contributed by atoms with E-state index in [-0.39, 0.29) is 5.41 Å². The molecule has 2 heteroatoms. The van der Waals surface area contributed by atoms with Crippen LogP contribution in [0.3, 0.4) is 0 Å². The summed E-state index contributed by atoms with van der Waals surface area (Å²) in [7, 11) is 0. The Morgan fingerprint density at radius 2 is 2.16 bits per heavy atom. The third kappa shape index (κ3) is 2.85. The van der Waals surface area contributed by atoms with Crippen LogP contribution >= 0.6 is 0 Å². The molecule has 0 amide bonds. The number of nitrogens with one attached hydrogen (secondary N) is 1. The van der Waals surface area contributed by atoms with Crippen LogP contribution in [0.25, 0.3) is 0 Å². The van der Waals surface area contributed by atoms with Crippen molar-refractivity contribution in [1.29, 1.82) is 0 Å². The SMILES string of the molecule is CC1(C)CN(CC2CCCNC2)Cc2ccccc21.